The van der Waals surface area contributed by atoms with Crippen LogP contribution in [-0.4, -0.2) is 63.9 Å². The number of aryl methyl sites for hydroxylation is 2. The third-order valence-electron chi connectivity index (χ3n) is 10.0. The molecule has 59 heavy (non-hydrogen) atoms. The van der Waals surface area contributed by atoms with E-state index in [1.165, 1.54) is 25.3 Å². The molecule has 3 aromatic heterocycles. The molecule has 1 aliphatic heterocycles. The van der Waals surface area contributed by atoms with Crippen LogP contribution in [0.5, 0.6) is 11.5 Å². The zero-order valence-electron chi connectivity index (χ0n) is 31.4. The molecule has 0 unspecified atom stereocenters. The lowest BCUT2D eigenvalue weighted by molar-refractivity contribution is -0.385. The summed E-state index contributed by atoms with van der Waals surface area (Å²) in [5.74, 6) is -2.06. The topological polar surface area (TPSA) is 208 Å². The molecule has 21 heteroatoms. The van der Waals surface area contributed by atoms with Crippen LogP contribution in [0.3, 0.4) is 0 Å². The SMILES string of the molecule is CCc1cccc(CC)c1-n1nc2c(c1-c1cc(F)c(OC)c3c1cc(Cc1ccc(OP(=O)(O)O)c([N+](=O)[O-])c1)n3C(=O)O)CN(c1ncc(C(F)(F)F)cn1)CC2. The van der Waals surface area contributed by atoms with E-state index in [9.17, 15) is 47.5 Å². The minimum absolute atomic E-state index is 0.0125. The highest BCUT2D eigenvalue weighted by Crippen LogP contribution is 2.45. The Hall–Kier alpha value is -6.37. The van der Waals surface area contributed by atoms with Gasteiger partial charge in [0.2, 0.25) is 11.7 Å². The first-order chi connectivity index (χ1) is 27.9. The number of anilines is 1. The fourth-order valence-electron chi connectivity index (χ4n) is 7.45. The molecule has 0 amide bonds. The van der Waals surface area contributed by atoms with Crippen LogP contribution in [0.25, 0.3) is 27.8 Å². The van der Waals surface area contributed by atoms with E-state index in [0.29, 0.717) is 54.3 Å². The van der Waals surface area contributed by atoms with E-state index in [1.54, 1.807) is 9.58 Å². The van der Waals surface area contributed by atoms with Gasteiger partial charge in [-0.25, -0.2) is 33.0 Å². The molecule has 3 aromatic carbocycles. The Kier molecular flexibility index (Phi) is 10.7. The first-order valence-corrected chi connectivity index (χ1v) is 19.5. The molecule has 4 heterocycles. The molecule has 6 aromatic rings. The molecule has 0 aliphatic carbocycles. The summed E-state index contributed by atoms with van der Waals surface area (Å²) in [7, 11) is -4.02. The molecule has 0 atom stereocenters. The number of carbonyl (C=O) groups is 1. The van der Waals surface area contributed by atoms with Crippen molar-refractivity contribution in [2.24, 2.45) is 0 Å². The number of nitrogens with zero attached hydrogens (tertiary/aromatic N) is 7. The number of phosphoric ester groups is 1. The largest absolute Gasteiger partial charge is 0.525 e. The Bertz CT molecular complexity index is 2670. The van der Waals surface area contributed by atoms with Gasteiger partial charge in [0.25, 0.3) is 0 Å². The van der Waals surface area contributed by atoms with Gasteiger partial charge in [-0.3, -0.25) is 19.9 Å². The zero-order valence-corrected chi connectivity index (χ0v) is 32.3. The molecule has 1 aliphatic rings. The van der Waals surface area contributed by atoms with Crippen LogP contribution in [0.2, 0.25) is 0 Å². The van der Waals surface area contributed by atoms with Crippen LogP contribution >= 0.6 is 7.82 Å². The van der Waals surface area contributed by atoms with Crippen LogP contribution in [0.4, 0.5) is 34.0 Å². The lowest BCUT2D eigenvalue weighted by Gasteiger charge is -2.27. The highest BCUT2D eigenvalue weighted by atomic mass is 31.2. The number of nitro groups is 1. The minimum Gasteiger partial charge on any atom is -0.492 e. The molecular formula is C38H34F4N7O9P. The van der Waals surface area contributed by atoms with Crippen molar-refractivity contribution < 1.29 is 56.0 Å². The number of nitro benzene ring substituents is 1. The number of fused-ring (bicyclic) bond motifs is 2. The fraction of sp³-hybridized carbons (Fsp3) is 0.263. The number of aromatic nitrogens is 5. The van der Waals surface area contributed by atoms with Gasteiger partial charge < -0.3 is 19.3 Å². The summed E-state index contributed by atoms with van der Waals surface area (Å²) in [6.07, 6.45) is -3.68. The standard InChI is InChI=1S/C38H34F4N7O9P/c1-4-21-7-6-8-22(5-2)32(21)48-33(27-19-46(12-11-29(27)45-48)36-43-17-23(18-44-36)38(40,41)42)26-16-28(39)35(57-3)34-25(26)15-24(47(34)37(50)51)13-20-9-10-31(58-59(54,55)56)30(14-20)49(52)53/h6-10,14-18H,4-5,11-13,19H2,1-3H3,(H,50,51)(H2,54,55,56). The predicted molar refractivity (Wildman–Crippen MR) is 204 cm³/mol. The van der Waals surface area contributed by atoms with E-state index in [1.807, 2.05) is 32.0 Å². The molecule has 0 fully saturated rings. The zero-order chi connectivity index (χ0) is 42.6. The summed E-state index contributed by atoms with van der Waals surface area (Å²) in [5.41, 5.74) is 2.35. The summed E-state index contributed by atoms with van der Waals surface area (Å²) in [4.78, 5) is 52.3. The monoisotopic (exact) mass is 839 g/mol. The summed E-state index contributed by atoms with van der Waals surface area (Å²) >= 11 is 0. The number of para-hydroxylation sites is 1. The summed E-state index contributed by atoms with van der Waals surface area (Å²) in [6.45, 7) is 4.23. The Morgan fingerprint density at radius 1 is 1.05 bits per heavy atom. The van der Waals surface area contributed by atoms with E-state index in [-0.39, 0.29) is 53.2 Å². The molecule has 16 nitrogen and oxygen atoms in total. The van der Waals surface area contributed by atoms with Crippen molar-refractivity contribution >= 4 is 36.5 Å². The molecule has 0 bridgehead atoms. The number of phosphoric acid groups is 1. The number of carboxylic acid groups (broad SMARTS) is 1. The Morgan fingerprint density at radius 2 is 1.73 bits per heavy atom. The normalized spacial score (nSPS) is 13.1. The third kappa shape index (κ3) is 7.69. The van der Waals surface area contributed by atoms with Crippen LogP contribution in [0.15, 0.2) is 60.9 Å². The first-order valence-electron chi connectivity index (χ1n) is 18.0. The van der Waals surface area contributed by atoms with E-state index in [4.69, 9.17) is 9.84 Å². The second-order valence-electron chi connectivity index (χ2n) is 13.5. The van der Waals surface area contributed by atoms with Crippen LogP contribution in [-0.2, 0) is 43.0 Å². The molecular weight excluding hydrogens is 805 g/mol. The molecule has 0 saturated heterocycles. The van der Waals surface area contributed by atoms with Gasteiger partial charge in [0.05, 0.1) is 34.7 Å². The Morgan fingerprint density at radius 3 is 2.31 bits per heavy atom. The van der Waals surface area contributed by atoms with E-state index in [2.05, 4.69) is 14.5 Å². The van der Waals surface area contributed by atoms with Crippen LogP contribution in [0.1, 0.15) is 53.1 Å². The van der Waals surface area contributed by atoms with Crippen molar-refractivity contribution in [3.8, 4) is 28.4 Å². The number of alkyl halides is 3. The van der Waals surface area contributed by atoms with Crippen molar-refractivity contribution in [2.45, 2.75) is 52.3 Å². The maximum atomic E-state index is 16.5. The van der Waals surface area contributed by atoms with Gasteiger partial charge >= 0.3 is 25.8 Å². The maximum Gasteiger partial charge on any atom is 0.525 e. The smallest absolute Gasteiger partial charge is 0.492 e. The average Bonchev–Trinajstić information content (AvgIpc) is 3.75. The van der Waals surface area contributed by atoms with E-state index in [0.717, 1.165) is 27.8 Å². The average molecular weight is 840 g/mol. The molecule has 3 N–H and O–H groups in total. The van der Waals surface area contributed by atoms with Gasteiger partial charge in [-0.1, -0.05) is 38.1 Å². The molecule has 0 saturated carbocycles. The highest BCUT2D eigenvalue weighted by Gasteiger charge is 2.35. The Balaban J connectivity index is 1.48. The molecule has 0 spiro atoms. The van der Waals surface area contributed by atoms with Crippen molar-refractivity contribution in [2.75, 3.05) is 18.6 Å². The van der Waals surface area contributed by atoms with Crippen molar-refractivity contribution in [3.05, 3.63) is 116 Å². The Labute approximate surface area is 331 Å². The predicted octanol–water partition coefficient (Wildman–Crippen LogP) is 7.63. The van der Waals surface area contributed by atoms with Crippen molar-refractivity contribution in [1.29, 1.82) is 0 Å². The molecule has 0 radical (unpaired) electrons. The number of hydrogen-bond acceptors (Lipinski definition) is 10. The van der Waals surface area contributed by atoms with Gasteiger partial charge in [0.15, 0.2) is 11.6 Å². The summed E-state index contributed by atoms with van der Waals surface area (Å²) in [5, 5.41) is 27.8. The van der Waals surface area contributed by atoms with E-state index < -0.39 is 53.6 Å². The number of rotatable bonds is 11. The summed E-state index contributed by atoms with van der Waals surface area (Å²) < 4.78 is 80.5. The van der Waals surface area contributed by atoms with Gasteiger partial charge in [-0.2, -0.15) is 18.3 Å². The highest BCUT2D eigenvalue weighted by molar-refractivity contribution is 7.46. The second kappa shape index (κ2) is 15.4. The lowest BCUT2D eigenvalue weighted by Crippen LogP contribution is -2.31. The molecule has 308 valence electrons. The number of benzene rings is 3. The number of methoxy groups -OCH3 is 1. The fourth-order valence-corrected chi connectivity index (χ4v) is 7.86. The summed E-state index contributed by atoms with van der Waals surface area (Å²) in [6, 6.07) is 11.6. The van der Waals surface area contributed by atoms with Crippen molar-refractivity contribution in [1.82, 2.24) is 24.3 Å². The quantitative estimate of drug-likeness (QED) is 0.0497. The number of halogens is 4. The van der Waals surface area contributed by atoms with Crippen LogP contribution < -0.4 is 14.2 Å². The first kappa shape index (κ1) is 40.8. The maximum absolute atomic E-state index is 16.5. The van der Waals surface area contributed by atoms with E-state index >= 15 is 4.39 Å². The van der Waals surface area contributed by atoms with Crippen molar-refractivity contribution in [3.63, 3.8) is 0 Å². The second-order valence-corrected chi connectivity index (χ2v) is 14.7. The minimum atomic E-state index is -5.19. The van der Waals surface area contributed by atoms with Gasteiger partial charge in [-0.15, -0.1) is 0 Å². The van der Waals surface area contributed by atoms with Crippen LogP contribution in [0, 0.1) is 15.9 Å². The van der Waals surface area contributed by atoms with Gasteiger partial charge in [0.1, 0.15) is 5.52 Å². The number of hydrogen-bond donors (Lipinski definition) is 3. The lowest BCUT2D eigenvalue weighted by atomic mass is 9.96. The van der Waals surface area contributed by atoms with Gasteiger partial charge in [-0.05, 0) is 47.7 Å². The van der Waals surface area contributed by atoms with Gasteiger partial charge in [0, 0.05) is 66.6 Å². The number of ether oxygens (including phenoxy) is 1. The third-order valence-corrected chi connectivity index (χ3v) is 10.4. The molecule has 7 rings (SSSR count).